The molecule has 0 aliphatic heterocycles. The molecule has 2 N–H and O–H groups in total. The molecule has 0 saturated carbocycles. The SMILES string of the molecule is C=CCC(C)NCC(=O)Nc1ccc(Br)cc1. The molecular formula is C13H17BrN2O. The van der Waals surface area contributed by atoms with Crippen LogP contribution < -0.4 is 10.6 Å². The first-order chi connectivity index (χ1) is 8.11. The van der Waals surface area contributed by atoms with E-state index in [0.29, 0.717) is 6.54 Å². The predicted octanol–water partition coefficient (Wildman–Crippen LogP) is 2.94. The van der Waals surface area contributed by atoms with Gasteiger partial charge in [-0.15, -0.1) is 6.58 Å². The van der Waals surface area contributed by atoms with Crippen LogP contribution in [0, 0.1) is 0 Å². The third-order valence-electron chi connectivity index (χ3n) is 2.26. The summed E-state index contributed by atoms with van der Waals surface area (Å²) in [5.41, 5.74) is 0.802. The number of nitrogens with one attached hydrogen (secondary N) is 2. The van der Waals surface area contributed by atoms with E-state index in [0.717, 1.165) is 16.6 Å². The Balaban J connectivity index is 2.34. The Kier molecular flexibility index (Phi) is 5.94. The average Bonchev–Trinajstić information content (AvgIpc) is 2.30. The fraction of sp³-hybridized carbons (Fsp3) is 0.308. The summed E-state index contributed by atoms with van der Waals surface area (Å²) in [6, 6.07) is 7.76. The molecule has 0 spiro atoms. The fourth-order valence-electron chi connectivity index (χ4n) is 1.34. The lowest BCUT2D eigenvalue weighted by Gasteiger charge is -2.11. The first-order valence-corrected chi connectivity index (χ1v) is 6.31. The second-order valence-electron chi connectivity index (χ2n) is 3.86. The maximum Gasteiger partial charge on any atom is 0.238 e. The van der Waals surface area contributed by atoms with Crippen LogP contribution in [0.5, 0.6) is 0 Å². The molecule has 1 rings (SSSR count). The van der Waals surface area contributed by atoms with Crippen molar-refractivity contribution in [2.24, 2.45) is 0 Å². The lowest BCUT2D eigenvalue weighted by Crippen LogP contribution is -2.34. The van der Waals surface area contributed by atoms with Crippen LogP contribution in [0.4, 0.5) is 5.69 Å². The number of benzene rings is 1. The van der Waals surface area contributed by atoms with Crippen molar-refractivity contribution in [2.45, 2.75) is 19.4 Å². The Morgan fingerprint density at radius 2 is 2.12 bits per heavy atom. The van der Waals surface area contributed by atoms with Crippen LogP contribution in [0.25, 0.3) is 0 Å². The number of amides is 1. The standard InChI is InChI=1S/C13H17BrN2O/c1-3-4-10(2)15-9-13(17)16-12-7-5-11(14)6-8-12/h3,5-8,10,15H,1,4,9H2,2H3,(H,16,17). The lowest BCUT2D eigenvalue weighted by atomic mass is 10.2. The summed E-state index contributed by atoms with van der Waals surface area (Å²) in [4.78, 5) is 11.6. The number of halogens is 1. The maximum atomic E-state index is 11.6. The predicted molar refractivity (Wildman–Crippen MR) is 75.1 cm³/mol. The number of anilines is 1. The topological polar surface area (TPSA) is 41.1 Å². The molecule has 3 nitrogen and oxygen atoms in total. The quantitative estimate of drug-likeness (QED) is 0.793. The normalized spacial score (nSPS) is 11.9. The van der Waals surface area contributed by atoms with Crippen LogP contribution in [0.3, 0.4) is 0 Å². The van der Waals surface area contributed by atoms with E-state index in [4.69, 9.17) is 0 Å². The van der Waals surface area contributed by atoms with Crippen molar-refractivity contribution in [1.29, 1.82) is 0 Å². The second-order valence-corrected chi connectivity index (χ2v) is 4.78. The van der Waals surface area contributed by atoms with E-state index in [1.54, 1.807) is 0 Å². The summed E-state index contributed by atoms with van der Waals surface area (Å²) < 4.78 is 0.994. The fourth-order valence-corrected chi connectivity index (χ4v) is 1.60. The summed E-state index contributed by atoms with van der Waals surface area (Å²) in [5.74, 6) is -0.0387. The number of carbonyl (C=O) groups excluding carboxylic acids is 1. The zero-order chi connectivity index (χ0) is 12.7. The molecule has 4 heteroatoms. The highest BCUT2D eigenvalue weighted by Gasteiger charge is 2.04. The number of hydrogen-bond donors (Lipinski definition) is 2. The lowest BCUT2D eigenvalue weighted by molar-refractivity contribution is -0.115. The Morgan fingerprint density at radius 3 is 2.71 bits per heavy atom. The summed E-state index contributed by atoms with van der Waals surface area (Å²) in [6.45, 7) is 5.99. The number of carbonyl (C=O) groups is 1. The van der Waals surface area contributed by atoms with Gasteiger partial charge in [0, 0.05) is 16.2 Å². The van der Waals surface area contributed by atoms with Crippen LogP contribution in [-0.4, -0.2) is 18.5 Å². The summed E-state index contributed by atoms with van der Waals surface area (Å²) in [5, 5.41) is 5.94. The van der Waals surface area contributed by atoms with E-state index >= 15 is 0 Å². The highest BCUT2D eigenvalue weighted by atomic mass is 79.9. The number of hydrogen-bond acceptors (Lipinski definition) is 2. The van der Waals surface area contributed by atoms with Crippen molar-refractivity contribution < 1.29 is 4.79 Å². The maximum absolute atomic E-state index is 11.6. The van der Waals surface area contributed by atoms with Crippen LogP contribution in [0.2, 0.25) is 0 Å². The minimum Gasteiger partial charge on any atom is -0.325 e. The first kappa shape index (κ1) is 13.9. The molecule has 1 atom stereocenters. The summed E-state index contributed by atoms with van der Waals surface area (Å²) in [7, 11) is 0. The van der Waals surface area contributed by atoms with Crippen LogP contribution in [0.15, 0.2) is 41.4 Å². The highest BCUT2D eigenvalue weighted by Crippen LogP contribution is 2.13. The summed E-state index contributed by atoms with van der Waals surface area (Å²) >= 11 is 3.34. The van der Waals surface area contributed by atoms with Gasteiger partial charge in [-0.1, -0.05) is 22.0 Å². The molecule has 0 fully saturated rings. The minimum absolute atomic E-state index is 0.0387. The molecule has 0 radical (unpaired) electrons. The zero-order valence-electron chi connectivity index (χ0n) is 9.87. The molecule has 17 heavy (non-hydrogen) atoms. The number of rotatable bonds is 6. The molecule has 1 aromatic carbocycles. The average molecular weight is 297 g/mol. The summed E-state index contributed by atoms with van der Waals surface area (Å²) in [6.07, 6.45) is 2.69. The Bertz CT molecular complexity index is 376. The molecule has 0 heterocycles. The molecule has 0 saturated heterocycles. The van der Waals surface area contributed by atoms with Gasteiger partial charge in [0.2, 0.25) is 5.91 Å². The van der Waals surface area contributed by atoms with Gasteiger partial charge in [-0.25, -0.2) is 0 Å². The van der Waals surface area contributed by atoms with E-state index < -0.39 is 0 Å². The van der Waals surface area contributed by atoms with Crippen molar-refractivity contribution >= 4 is 27.5 Å². The molecule has 92 valence electrons. The van der Waals surface area contributed by atoms with E-state index in [9.17, 15) is 4.79 Å². The highest BCUT2D eigenvalue weighted by molar-refractivity contribution is 9.10. The third kappa shape index (κ3) is 5.65. The van der Waals surface area contributed by atoms with Crippen molar-refractivity contribution in [1.82, 2.24) is 5.32 Å². The van der Waals surface area contributed by atoms with Crippen LogP contribution in [0.1, 0.15) is 13.3 Å². The van der Waals surface area contributed by atoms with Gasteiger partial charge >= 0.3 is 0 Å². The monoisotopic (exact) mass is 296 g/mol. The molecule has 0 aliphatic rings. The van der Waals surface area contributed by atoms with Gasteiger partial charge in [0.05, 0.1) is 6.54 Å². The molecule has 1 aromatic rings. The van der Waals surface area contributed by atoms with Crippen LogP contribution in [-0.2, 0) is 4.79 Å². The Hall–Kier alpha value is -1.13. The largest absolute Gasteiger partial charge is 0.325 e. The van der Waals surface area contributed by atoms with Crippen molar-refractivity contribution in [3.8, 4) is 0 Å². The minimum atomic E-state index is -0.0387. The van der Waals surface area contributed by atoms with Crippen molar-refractivity contribution in [2.75, 3.05) is 11.9 Å². The van der Waals surface area contributed by atoms with Gasteiger partial charge in [0.15, 0.2) is 0 Å². The molecular weight excluding hydrogens is 280 g/mol. The third-order valence-corrected chi connectivity index (χ3v) is 2.79. The van der Waals surface area contributed by atoms with Gasteiger partial charge < -0.3 is 10.6 Å². The van der Waals surface area contributed by atoms with Crippen molar-refractivity contribution in [3.05, 3.63) is 41.4 Å². The van der Waals surface area contributed by atoms with E-state index in [1.807, 2.05) is 37.3 Å². The van der Waals surface area contributed by atoms with E-state index in [1.165, 1.54) is 0 Å². The van der Waals surface area contributed by atoms with Gasteiger partial charge in [0.25, 0.3) is 0 Å². The van der Waals surface area contributed by atoms with Gasteiger partial charge in [-0.05, 0) is 37.6 Å². The molecule has 0 aliphatic carbocycles. The van der Waals surface area contributed by atoms with Gasteiger partial charge in [-0.3, -0.25) is 4.79 Å². The van der Waals surface area contributed by atoms with Gasteiger partial charge in [-0.2, -0.15) is 0 Å². The van der Waals surface area contributed by atoms with Crippen molar-refractivity contribution in [3.63, 3.8) is 0 Å². The van der Waals surface area contributed by atoms with E-state index in [2.05, 4.69) is 33.1 Å². The molecule has 1 amide bonds. The molecule has 0 aromatic heterocycles. The van der Waals surface area contributed by atoms with Crippen LogP contribution >= 0.6 is 15.9 Å². The molecule has 1 unspecified atom stereocenters. The van der Waals surface area contributed by atoms with E-state index in [-0.39, 0.29) is 11.9 Å². The Labute approximate surface area is 110 Å². The second kappa shape index (κ2) is 7.25. The smallest absolute Gasteiger partial charge is 0.238 e. The van der Waals surface area contributed by atoms with Gasteiger partial charge in [0.1, 0.15) is 0 Å². The first-order valence-electron chi connectivity index (χ1n) is 5.51. The molecule has 0 bridgehead atoms. The zero-order valence-corrected chi connectivity index (χ0v) is 11.5. The Morgan fingerprint density at radius 1 is 1.47 bits per heavy atom.